The highest BCUT2D eigenvalue weighted by molar-refractivity contribution is 5.32. The van der Waals surface area contributed by atoms with E-state index in [0.717, 1.165) is 5.56 Å². The minimum atomic E-state index is -0.368. The highest BCUT2D eigenvalue weighted by Crippen LogP contribution is 2.11. The van der Waals surface area contributed by atoms with Gasteiger partial charge in [0.25, 0.3) is 0 Å². The summed E-state index contributed by atoms with van der Waals surface area (Å²) in [6.07, 6.45) is 3.57. The van der Waals surface area contributed by atoms with Crippen LogP contribution in [0.25, 0.3) is 0 Å². The summed E-state index contributed by atoms with van der Waals surface area (Å²) in [7, 11) is 0. The molecule has 4 heteroatoms. The van der Waals surface area contributed by atoms with E-state index in [0.29, 0.717) is 17.7 Å². The largest absolute Gasteiger partial charge is 0.268 e. The number of nitrogens with zero attached hydrogens (tertiary/aromatic N) is 3. The summed E-state index contributed by atoms with van der Waals surface area (Å²) in [5, 5.41) is 12.7. The van der Waals surface area contributed by atoms with Gasteiger partial charge in [-0.2, -0.15) is 10.4 Å². The monoisotopic (exact) mass is 215 g/mol. The zero-order valence-electron chi connectivity index (χ0n) is 8.81. The molecule has 80 valence electrons. The second-order valence-electron chi connectivity index (χ2n) is 3.63. The molecule has 0 atom stereocenters. The van der Waals surface area contributed by atoms with Gasteiger partial charge in [0.2, 0.25) is 0 Å². The van der Waals surface area contributed by atoms with E-state index in [1.54, 1.807) is 23.0 Å². The minimum Gasteiger partial charge on any atom is -0.268 e. The number of benzene rings is 1. The third-order valence-electron chi connectivity index (χ3n) is 2.28. The Balaban J connectivity index is 2.26. The van der Waals surface area contributed by atoms with Gasteiger partial charge in [-0.1, -0.05) is 6.07 Å². The van der Waals surface area contributed by atoms with Crippen LogP contribution in [-0.2, 0) is 6.54 Å². The van der Waals surface area contributed by atoms with Crippen LogP contribution in [0.5, 0.6) is 0 Å². The third kappa shape index (κ3) is 2.09. The lowest BCUT2D eigenvalue weighted by Gasteiger charge is -2.03. The van der Waals surface area contributed by atoms with Crippen molar-refractivity contribution in [2.45, 2.75) is 13.5 Å². The van der Waals surface area contributed by atoms with Gasteiger partial charge in [-0.25, -0.2) is 4.39 Å². The Bertz CT molecular complexity index is 552. The summed E-state index contributed by atoms with van der Waals surface area (Å²) in [4.78, 5) is 0. The first-order chi connectivity index (χ1) is 7.69. The van der Waals surface area contributed by atoms with Crippen LogP contribution in [0.1, 0.15) is 16.7 Å². The minimum absolute atomic E-state index is 0.331. The summed E-state index contributed by atoms with van der Waals surface area (Å²) in [6, 6.07) is 6.36. The SMILES string of the molecule is Cc1cnn(Cc2ccc(C#N)cc2F)c1. The maximum absolute atomic E-state index is 13.5. The molecular weight excluding hydrogens is 205 g/mol. The molecule has 16 heavy (non-hydrogen) atoms. The first-order valence-corrected chi connectivity index (χ1v) is 4.86. The molecule has 0 aliphatic heterocycles. The number of halogens is 1. The quantitative estimate of drug-likeness (QED) is 0.771. The molecule has 0 aliphatic rings. The molecular formula is C12H10FN3. The van der Waals surface area contributed by atoms with Gasteiger partial charge in [0, 0.05) is 11.8 Å². The Morgan fingerprint density at radius 2 is 2.31 bits per heavy atom. The molecule has 0 bridgehead atoms. The maximum atomic E-state index is 13.5. The number of hydrogen-bond acceptors (Lipinski definition) is 2. The standard InChI is InChI=1S/C12H10FN3/c1-9-6-15-16(7-9)8-11-3-2-10(5-14)4-12(11)13/h2-4,6-7H,8H2,1H3. The van der Waals surface area contributed by atoms with Crippen molar-refractivity contribution < 1.29 is 4.39 Å². The molecule has 0 spiro atoms. The molecule has 0 fully saturated rings. The number of aromatic nitrogens is 2. The lowest BCUT2D eigenvalue weighted by Crippen LogP contribution is -2.02. The van der Waals surface area contributed by atoms with Gasteiger partial charge in [-0.05, 0) is 24.6 Å². The van der Waals surface area contributed by atoms with Crippen LogP contribution in [0.4, 0.5) is 4.39 Å². The van der Waals surface area contributed by atoms with Crippen molar-refractivity contribution in [2.75, 3.05) is 0 Å². The molecule has 0 N–H and O–H groups in total. The fourth-order valence-corrected chi connectivity index (χ4v) is 1.47. The normalized spacial score (nSPS) is 10.1. The summed E-state index contributed by atoms with van der Waals surface area (Å²) in [5.41, 5.74) is 1.90. The Hall–Kier alpha value is -2.15. The fourth-order valence-electron chi connectivity index (χ4n) is 1.47. The van der Waals surface area contributed by atoms with Gasteiger partial charge < -0.3 is 0 Å². The van der Waals surface area contributed by atoms with Gasteiger partial charge in [0.05, 0.1) is 24.4 Å². The summed E-state index contributed by atoms with van der Waals surface area (Å²) < 4.78 is 15.2. The Labute approximate surface area is 92.7 Å². The van der Waals surface area contributed by atoms with Crippen LogP contribution in [0.15, 0.2) is 30.6 Å². The van der Waals surface area contributed by atoms with Gasteiger partial charge in [-0.15, -0.1) is 0 Å². The molecule has 2 aromatic rings. The Morgan fingerprint density at radius 1 is 1.50 bits per heavy atom. The molecule has 0 radical (unpaired) electrons. The molecule has 1 aromatic carbocycles. The van der Waals surface area contributed by atoms with Crippen molar-refractivity contribution in [3.8, 4) is 6.07 Å². The van der Waals surface area contributed by atoms with E-state index < -0.39 is 0 Å². The number of hydrogen-bond donors (Lipinski definition) is 0. The highest BCUT2D eigenvalue weighted by Gasteiger charge is 2.04. The van der Waals surface area contributed by atoms with E-state index in [9.17, 15) is 4.39 Å². The van der Waals surface area contributed by atoms with Gasteiger partial charge >= 0.3 is 0 Å². The van der Waals surface area contributed by atoms with Crippen LogP contribution in [0.3, 0.4) is 0 Å². The fraction of sp³-hybridized carbons (Fsp3) is 0.167. The predicted molar refractivity (Wildman–Crippen MR) is 57.2 cm³/mol. The number of rotatable bonds is 2. The third-order valence-corrected chi connectivity index (χ3v) is 2.28. The van der Waals surface area contributed by atoms with E-state index >= 15 is 0 Å². The zero-order chi connectivity index (χ0) is 11.5. The van der Waals surface area contributed by atoms with Crippen LogP contribution in [-0.4, -0.2) is 9.78 Å². The van der Waals surface area contributed by atoms with Gasteiger partial charge in [0.15, 0.2) is 0 Å². The number of aryl methyl sites for hydroxylation is 1. The topological polar surface area (TPSA) is 41.6 Å². The summed E-state index contributed by atoms with van der Waals surface area (Å²) in [6.45, 7) is 2.31. The van der Waals surface area contributed by atoms with E-state index in [1.165, 1.54) is 6.07 Å². The molecule has 1 aromatic heterocycles. The molecule has 0 aliphatic carbocycles. The highest BCUT2D eigenvalue weighted by atomic mass is 19.1. The van der Waals surface area contributed by atoms with Crippen LogP contribution >= 0.6 is 0 Å². The average Bonchev–Trinajstić information content (AvgIpc) is 2.67. The first-order valence-electron chi connectivity index (χ1n) is 4.86. The second kappa shape index (κ2) is 4.15. The molecule has 0 amide bonds. The lowest BCUT2D eigenvalue weighted by molar-refractivity contribution is 0.584. The molecule has 2 rings (SSSR count). The smallest absolute Gasteiger partial charge is 0.129 e. The van der Waals surface area contributed by atoms with Gasteiger partial charge in [0.1, 0.15) is 5.82 Å². The van der Waals surface area contributed by atoms with Crippen molar-refractivity contribution in [1.29, 1.82) is 5.26 Å². The first kappa shape index (κ1) is 10.4. The summed E-state index contributed by atoms with van der Waals surface area (Å²) >= 11 is 0. The number of nitriles is 1. The van der Waals surface area contributed by atoms with Crippen LogP contribution < -0.4 is 0 Å². The predicted octanol–water partition coefficient (Wildman–Crippen LogP) is 2.25. The Kier molecular flexibility index (Phi) is 2.69. The van der Waals surface area contributed by atoms with E-state index in [1.807, 2.05) is 19.2 Å². The van der Waals surface area contributed by atoms with E-state index in [4.69, 9.17) is 5.26 Å². The molecule has 1 heterocycles. The van der Waals surface area contributed by atoms with Crippen molar-refractivity contribution in [3.05, 3.63) is 53.1 Å². The maximum Gasteiger partial charge on any atom is 0.129 e. The van der Waals surface area contributed by atoms with Crippen LogP contribution in [0, 0.1) is 24.1 Å². The molecule has 3 nitrogen and oxygen atoms in total. The lowest BCUT2D eigenvalue weighted by atomic mass is 10.1. The summed E-state index contributed by atoms with van der Waals surface area (Å²) in [5.74, 6) is -0.368. The van der Waals surface area contributed by atoms with Crippen LogP contribution in [0.2, 0.25) is 0 Å². The van der Waals surface area contributed by atoms with E-state index in [2.05, 4.69) is 5.10 Å². The van der Waals surface area contributed by atoms with Crippen molar-refractivity contribution in [3.63, 3.8) is 0 Å². The Morgan fingerprint density at radius 3 is 2.88 bits per heavy atom. The second-order valence-corrected chi connectivity index (χ2v) is 3.63. The van der Waals surface area contributed by atoms with Crippen molar-refractivity contribution in [1.82, 2.24) is 9.78 Å². The molecule has 0 saturated heterocycles. The van der Waals surface area contributed by atoms with Crippen molar-refractivity contribution in [2.24, 2.45) is 0 Å². The van der Waals surface area contributed by atoms with Gasteiger partial charge in [-0.3, -0.25) is 4.68 Å². The molecule has 0 unspecified atom stereocenters. The zero-order valence-corrected chi connectivity index (χ0v) is 8.81. The molecule has 0 saturated carbocycles. The van der Waals surface area contributed by atoms with Crippen molar-refractivity contribution >= 4 is 0 Å². The van der Waals surface area contributed by atoms with E-state index in [-0.39, 0.29) is 5.82 Å². The average molecular weight is 215 g/mol.